The number of aromatic nitrogens is 2. The summed E-state index contributed by atoms with van der Waals surface area (Å²) in [6.45, 7) is 2.22. The van der Waals surface area contributed by atoms with Gasteiger partial charge in [-0.05, 0) is 38.2 Å². The van der Waals surface area contributed by atoms with E-state index in [1.165, 1.54) is 22.2 Å². The Balaban J connectivity index is 1.73. The van der Waals surface area contributed by atoms with Gasteiger partial charge in [-0.15, -0.1) is 11.3 Å². The van der Waals surface area contributed by atoms with Crippen molar-refractivity contribution in [3.63, 3.8) is 0 Å². The van der Waals surface area contributed by atoms with Crippen LogP contribution in [0.15, 0.2) is 9.95 Å². The summed E-state index contributed by atoms with van der Waals surface area (Å²) in [5.41, 5.74) is 1.28. The standard InChI is InChI=1S/C16H20N2O3S2/c1-3-21-12(19)8-5-9-22-16-17-14-13(15(20)18(16)2)10-6-4-7-11(10)23-14/h3-9H2,1-2H3. The van der Waals surface area contributed by atoms with Crippen LogP contribution < -0.4 is 5.56 Å². The van der Waals surface area contributed by atoms with Crippen molar-refractivity contribution in [2.24, 2.45) is 7.05 Å². The van der Waals surface area contributed by atoms with Gasteiger partial charge in [0.2, 0.25) is 0 Å². The van der Waals surface area contributed by atoms with Crippen molar-refractivity contribution < 1.29 is 9.53 Å². The van der Waals surface area contributed by atoms with Gasteiger partial charge in [0, 0.05) is 24.1 Å². The lowest BCUT2D eigenvalue weighted by Gasteiger charge is -2.07. The average molecular weight is 352 g/mol. The minimum Gasteiger partial charge on any atom is -0.466 e. The van der Waals surface area contributed by atoms with E-state index in [0.717, 1.165) is 46.8 Å². The molecule has 0 saturated carbocycles. The first-order chi connectivity index (χ1) is 11.1. The summed E-state index contributed by atoms with van der Waals surface area (Å²) in [5, 5.41) is 1.55. The van der Waals surface area contributed by atoms with Crippen LogP contribution in [0.3, 0.4) is 0 Å². The zero-order valence-electron chi connectivity index (χ0n) is 13.4. The molecule has 0 unspecified atom stereocenters. The predicted molar refractivity (Wildman–Crippen MR) is 93.5 cm³/mol. The van der Waals surface area contributed by atoms with Crippen LogP contribution in [0.25, 0.3) is 10.2 Å². The third-order valence-electron chi connectivity index (χ3n) is 3.97. The zero-order valence-corrected chi connectivity index (χ0v) is 15.0. The quantitative estimate of drug-likeness (QED) is 0.346. The summed E-state index contributed by atoms with van der Waals surface area (Å²) in [6, 6.07) is 0. The monoisotopic (exact) mass is 352 g/mol. The molecule has 5 nitrogen and oxygen atoms in total. The highest BCUT2D eigenvalue weighted by Crippen LogP contribution is 2.35. The minimum atomic E-state index is -0.167. The molecule has 0 aliphatic heterocycles. The van der Waals surface area contributed by atoms with E-state index < -0.39 is 0 Å². The van der Waals surface area contributed by atoms with E-state index in [2.05, 4.69) is 4.98 Å². The van der Waals surface area contributed by atoms with Gasteiger partial charge in [-0.2, -0.15) is 0 Å². The second kappa shape index (κ2) is 7.05. The molecule has 2 aromatic heterocycles. The van der Waals surface area contributed by atoms with Crippen LogP contribution >= 0.6 is 23.1 Å². The Hall–Kier alpha value is -1.34. The fourth-order valence-electron chi connectivity index (χ4n) is 2.85. The maximum Gasteiger partial charge on any atom is 0.305 e. The lowest BCUT2D eigenvalue weighted by molar-refractivity contribution is -0.143. The lowest BCUT2D eigenvalue weighted by Crippen LogP contribution is -2.20. The summed E-state index contributed by atoms with van der Waals surface area (Å²) < 4.78 is 6.55. The fraction of sp³-hybridized carbons (Fsp3) is 0.562. The van der Waals surface area contributed by atoms with Gasteiger partial charge < -0.3 is 4.74 Å². The highest BCUT2D eigenvalue weighted by molar-refractivity contribution is 7.99. The summed E-state index contributed by atoms with van der Waals surface area (Å²) in [6.07, 6.45) is 4.34. The number of thiophene rings is 1. The van der Waals surface area contributed by atoms with E-state index in [9.17, 15) is 9.59 Å². The molecule has 0 N–H and O–H groups in total. The molecule has 0 spiro atoms. The summed E-state index contributed by atoms with van der Waals surface area (Å²) in [5.74, 6) is 0.579. The van der Waals surface area contributed by atoms with E-state index in [1.54, 1.807) is 29.9 Å². The lowest BCUT2D eigenvalue weighted by atomic mass is 10.2. The number of nitrogens with zero attached hydrogens (tertiary/aromatic N) is 2. The average Bonchev–Trinajstić information content (AvgIpc) is 3.09. The first kappa shape index (κ1) is 16.5. The molecule has 0 saturated heterocycles. The Kier molecular flexibility index (Phi) is 5.06. The van der Waals surface area contributed by atoms with Crippen molar-refractivity contribution in [2.75, 3.05) is 12.4 Å². The van der Waals surface area contributed by atoms with E-state index in [4.69, 9.17) is 4.74 Å². The Morgan fingerprint density at radius 2 is 2.26 bits per heavy atom. The van der Waals surface area contributed by atoms with Gasteiger partial charge >= 0.3 is 5.97 Å². The van der Waals surface area contributed by atoms with Crippen LogP contribution in [-0.4, -0.2) is 27.9 Å². The van der Waals surface area contributed by atoms with Gasteiger partial charge in [0.1, 0.15) is 4.83 Å². The van der Waals surface area contributed by atoms with Crippen LogP contribution in [0.5, 0.6) is 0 Å². The highest BCUT2D eigenvalue weighted by Gasteiger charge is 2.22. The van der Waals surface area contributed by atoms with E-state index in [0.29, 0.717) is 13.0 Å². The van der Waals surface area contributed by atoms with Crippen molar-refractivity contribution in [1.82, 2.24) is 9.55 Å². The Labute approximate surface area is 143 Å². The maximum absolute atomic E-state index is 12.6. The fourth-order valence-corrected chi connectivity index (χ4v) is 5.06. The molecule has 7 heteroatoms. The van der Waals surface area contributed by atoms with E-state index >= 15 is 0 Å². The van der Waals surface area contributed by atoms with Crippen molar-refractivity contribution in [3.05, 3.63) is 20.8 Å². The van der Waals surface area contributed by atoms with Gasteiger partial charge in [-0.25, -0.2) is 4.98 Å². The number of ether oxygens (including phenoxy) is 1. The van der Waals surface area contributed by atoms with Crippen LogP contribution in [0.2, 0.25) is 0 Å². The Bertz CT molecular complexity index is 795. The largest absolute Gasteiger partial charge is 0.466 e. The van der Waals surface area contributed by atoms with Crippen molar-refractivity contribution >= 4 is 39.3 Å². The normalized spacial score (nSPS) is 13.5. The second-order valence-electron chi connectivity index (χ2n) is 5.55. The van der Waals surface area contributed by atoms with Gasteiger partial charge in [0.05, 0.1) is 12.0 Å². The second-order valence-corrected chi connectivity index (χ2v) is 7.70. The molecule has 0 bridgehead atoms. The molecule has 1 aliphatic rings. The molecule has 0 fully saturated rings. The Morgan fingerprint density at radius 1 is 1.43 bits per heavy atom. The predicted octanol–water partition coefficient (Wildman–Crippen LogP) is 2.92. The number of esters is 1. The molecule has 1 aliphatic carbocycles. The third-order valence-corrected chi connectivity index (χ3v) is 6.27. The van der Waals surface area contributed by atoms with Crippen molar-refractivity contribution in [3.8, 4) is 0 Å². The maximum atomic E-state index is 12.6. The first-order valence-corrected chi connectivity index (χ1v) is 9.71. The van der Waals surface area contributed by atoms with Gasteiger partial charge in [-0.3, -0.25) is 14.2 Å². The molecule has 0 amide bonds. The van der Waals surface area contributed by atoms with Crippen LogP contribution in [0.1, 0.15) is 36.6 Å². The number of hydrogen-bond acceptors (Lipinski definition) is 6. The number of fused-ring (bicyclic) bond motifs is 3. The first-order valence-electron chi connectivity index (χ1n) is 7.91. The van der Waals surface area contributed by atoms with E-state index in [1.807, 2.05) is 0 Å². The minimum absolute atomic E-state index is 0.0577. The number of rotatable bonds is 6. The summed E-state index contributed by atoms with van der Waals surface area (Å²) in [7, 11) is 1.78. The topological polar surface area (TPSA) is 61.2 Å². The number of carbonyl (C=O) groups is 1. The number of thioether (sulfide) groups is 1. The third kappa shape index (κ3) is 3.30. The van der Waals surface area contributed by atoms with Crippen molar-refractivity contribution in [1.29, 1.82) is 0 Å². The number of aryl methyl sites for hydroxylation is 2. The number of carbonyl (C=O) groups excluding carboxylic acids is 1. The molecule has 23 heavy (non-hydrogen) atoms. The van der Waals surface area contributed by atoms with Gasteiger partial charge in [-0.1, -0.05) is 11.8 Å². The molecule has 124 valence electrons. The highest BCUT2D eigenvalue weighted by atomic mass is 32.2. The summed E-state index contributed by atoms with van der Waals surface area (Å²) in [4.78, 5) is 30.8. The molecular formula is C16H20N2O3S2. The van der Waals surface area contributed by atoms with Crippen molar-refractivity contribution in [2.45, 2.75) is 44.2 Å². The molecule has 0 radical (unpaired) electrons. The van der Waals surface area contributed by atoms with Crippen LogP contribution in [0.4, 0.5) is 0 Å². The molecule has 2 aromatic rings. The zero-order chi connectivity index (χ0) is 16.4. The van der Waals surface area contributed by atoms with Crippen LogP contribution in [-0.2, 0) is 29.4 Å². The molecule has 0 aromatic carbocycles. The molecule has 2 heterocycles. The molecule has 3 rings (SSSR count). The van der Waals surface area contributed by atoms with E-state index in [-0.39, 0.29) is 11.5 Å². The van der Waals surface area contributed by atoms with Gasteiger partial charge in [0.25, 0.3) is 5.56 Å². The molecular weight excluding hydrogens is 332 g/mol. The van der Waals surface area contributed by atoms with Gasteiger partial charge in [0.15, 0.2) is 5.16 Å². The van der Waals surface area contributed by atoms with Crippen LogP contribution in [0, 0.1) is 0 Å². The summed E-state index contributed by atoms with van der Waals surface area (Å²) >= 11 is 3.19. The Morgan fingerprint density at radius 3 is 3.04 bits per heavy atom. The number of hydrogen-bond donors (Lipinski definition) is 0. The molecule has 0 atom stereocenters. The smallest absolute Gasteiger partial charge is 0.305 e. The SMILES string of the molecule is CCOC(=O)CCCSc1nc2sc3c(c2c(=O)n1C)CCC3.